The zero-order chi connectivity index (χ0) is 19.7. The van der Waals surface area contributed by atoms with Crippen molar-refractivity contribution in [3.05, 3.63) is 54.0 Å². The van der Waals surface area contributed by atoms with E-state index in [0.717, 1.165) is 30.2 Å². The molecule has 1 amide bonds. The first-order valence-electron chi connectivity index (χ1n) is 9.13. The predicted molar refractivity (Wildman–Crippen MR) is 106 cm³/mol. The second kappa shape index (κ2) is 7.42. The molecule has 0 aliphatic carbocycles. The van der Waals surface area contributed by atoms with E-state index in [1.165, 1.54) is 6.07 Å². The zero-order valence-electron chi connectivity index (χ0n) is 15.8. The Hall–Kier alpha value is -3.22. The van der Waals surface area contributed by atoms with Crippen LogP contribution in [-0.4, -0.2) is 44.2 Å². The second-order valence-corrected chi connectivity index (χ2v) is 6.84. The lowest BCUT2D eigenvalue weighted by Crippen LogP contribution is -2.37. The van der Waals surface area contributed by atoms with Crippen molar-refractivity contribution in [1.82, 2.24) is 10.3 Å². The number of nitrogens with one attached hydrogen (secondary N) is 2. The maximum absolute atomic E-state index is 14.1. The summed E-state index contributed by atoms with van der Waals surface area (Å²) >= 11 is 0. The highest BCUT2D eigenvalue weighted by atomic mass is 19.1. The summed E-state index contributed by atoms with van der Waals surface area (Å²) in [4.78, 5) is 17.8. The molecule has 1 fully saturated rings. The molecular weight excluding hydrogens is 361 g/mol. The highest BCUT2D eigenvalue weighted by Gasteiger charge is 2.26. The quantitative estimate of drug-likeness (QED) is 0.709. The van der Waals surface area contributed by atoms with Gasteiger partial charge in [-0.3, -0.25) is 4.79 Å². The van der Waals surface area contributed by atoms with Gasteiger partial charge in [0.15, 0.2) is 0 Å². The molecule has 146 valence electrons. The van der Waals surface area contributed by atoms with Gasteiger partial charge in [0.05, 0.1) is 19.8 Å². The molecule has 1 saturated heterocycles. The van der Waals surface area contributed by atoms with Gasteiger partial charge in [-0.25, -0.2) is 4.39 Å². The van der Waals surface area contributed by atoms with Crippen molar-refractivity contribution in [2.45, 2.75) is 12.5 Å². The molecule has 4 rings (SSSR count). The monoisotopic (exact) mass is 383 g/mol. The molecule has 1 atom stereocenters. The van der Waals surface area contributed by atoms with Crippen LogP contribution in [0.1, 0.15) is 16.8 Å². The van der Waals surface area contributed by atoms with E-state index in [1.54, 1.807) is 32.5 Å². The average Bonchev–Trinajstić information content (AvgIpc) is 3.35. The van der Waals surface area contributed by atoms with Gasteiger partial charge in [0.25, 0.3) is 5.91 Å². The molecule has 0 bridgehead atoms. The summed E-state index contributed by atoms with van der Waals surface area (Å²) < 4.78 is 24.8. The van der Waals surface area contributed by atoms with E-state index in [0.29, 0.717) is 23.0 Å². The normalized spacial score (nSPS) is 16.4. The number of hydrogen-bond donors (Lipinski definition) is 2. The van der Waals surface area contributed by atoms with Gasteiger partial charge in [-0.1, -0.05) is 6.07 Å². The number of anilines is 1. The Bertz CT molecular complexity index is 995. The number of aromatic amines is 1. The predicted octanol–water partition coefficient (Wildman–Crippen LogP) is 3.33. The summed E-state index contributed by atoms with van der Waals surface area (Å²) in [6.07, 6.45) is 2.36. The van der Waals surface area contributed by atoms with Crippen LogP contribution in [0.15, 0.2) is 42.6 Å². The van der Waals surface area contributed by atoms with E-state index in [2.05, 4.69) is 15.2 Å². The fourth-order valence-corrected chi connectivity index (χ4v) is 3.67. The molecule has 0 saturated carbocycles. The number of carbonyl (C=O) groups excluding carboxylic acids is 1. The number of carbonyl (C=O) groups is 1. The Morgan fingerprint density at radius 3 is 2.68 bits per heavy atom. The SMILES string of the molecule is COc1cc(OC)cc(N2CC[C@@H](NC(=O)c3c[nH]c4cccc(F)c34)C2)c1. The maximum Gasteiger partial charge on any atom is 0.253 e. The molecule has 1 aromatic heterocycles. The van der Waals surface area contributed by atoms with Gasteiger partial charge in [-0.05, 0) is 18.6 Å². The lowest BCUT2D eigenvalue weighted by molar-refractivity contribution is 0.0942. The molecular formula is C21H22FN3O3. The minimum absolute atomic E-state index is 0.0265. The van der Waals surface area contributed by atoms with Gasteiger partial charge >= 0.3 is 0 Å². The van der Waals surface area contributed by atoms with Crippen LogP contribution in [0.3, 0.4) is 0 Å². The molecule has 28 heavy (non-hydrogen) atoms. The Morgan fingerprint density at radius 1 is 1.21 bits per heavy atom. The van der Waals surface area contributed by atoms with E-state index in [9.17, 15) is 9.18 Å². The van der Waals surface area contributed by atoms with E-state index in [-0.39, 0.29) is 11.9 Å². The van der Waals surface area contributed by atoms with Crippen molar-refractivity contribution in [2.75, 3.05) is 32.2 Å². The standard InChI is InChI=1S/C21H22FN3O3/c1-27-15-8-14(9-16(10-15)28-2)25-7-6-13(12-25)24-21(26)17-11-23-19-5-3-4-18(22)20(17)19/h3-5,8-11,13,23H,6-7,12H2,1-2H3,(H,24,26)/t13-/m1/s1. The van der Waals surface area contributed by atoms with E-state index >= 15 is 0 Å². The first-order chi connectivity index (χ1) is 13.6. The maximum atomic E-state index is 14.1. The summed E-state index contributed by atoms with van der Waals surface area (Å²) in [5, 5.41) is 3.35. The average molecular weight is 383 g/mol. The summed E-state index contributed by atoms with van der Waals surface area (Å²) in [5.41, 5.74) is 1.92. The molecule has 2 N–H and O–H groups in total. The Kier molecular flexibility index (Phi) is 4.81. The number of fused-ring (bicyclic) bond motifs is 1. The van der Waals surface area contributed by atoms with E-state index < -0.39 is 5.82 Å². The van der Waals surface area contributed by atoms with Crippen molar-refractivity contribution in [2.24, 2.45) is 0 Å². The Balaban J connectivity index is 1.48. The van der Waals surface area contributed by atoms with Crippen LogP contribution in [0, 0.1) is 5.82 Å². The number of halogens is 1. The highest BCUT2D eigenvalue weighted by Crippen LogP contribution is 2.30. The first-order valence-corrected chi connectivity index (χ1v) is 9.13. The van der Waals surface area contributed by atoms with Crippen LogP contribution in [0.25, 0.3) is 10.9 Å². The van der Waals surface area contributed by atoms with Crippen LogP contribution in [0.5, 0.6) is 11.5 Å². The van der Waals surface area contributed by atoms with Gasteiger partial charge in [0.2, 0.25) is 0 Å². The van der Waals surface area contributed by atoms with Crippen LogP contribution in [0.4, 0.5) is 10.1 Å². The van der Waals surface area contributed by atoms with Crippen molar-refractivity contribution in [1.29, 1.82) is 0 Å². The summed E-state index contributed by atoms with van der Waals surface area (Å²) in [7, 11) is 3.23. The molecule has 7 heteroatoms. The van der Waals surface area contributed by atoms with E-state index in [4.69, 9.17) is 9.47 Å². The Labute approximate surface area is 162 Å². The lowest BCUT2D eigenvalue weighted by atomic mass is 10.1. The zero-order valence-corrected chi connectivity index (χ0v) is 15.8. The third kappa shape index (κ3) is 3.35. The number of ether oxygens (including phenoxy) is 2. The molecule has 2 aromatic carbocycles. The molecule has 3 aromatic rings. The highest BCUT2D eigenvalue weighted by molar-refractivity contribution is 6.07. The number of benzene rings is 2. The van der Waals surface area contributed by atoms with Crippen molar-refractivity contribution in [3.63, 3.8) is 0 Å². The molecule has 2 heterocycles. The molecule has 0 radical (unpaired) electrons. The van der Waals surface area contributed by atoms with Crippen LogP contribution in [-0.2, 0) is 0 Å². The molecule has 6 nitrogen and oxygen atoms in total. The molecule has 1 aliphatic rings. The minimum Gasteiger partial charge on any atom is -0.497 e. The third-order valence-corrected chi connectivity index (χ3v) is 5.12. The minimum atomic E-state index is -0.402. The van der Waals surface area contributed by atoms with Gasteiger partial charge in [0.1, 0.15) is 17.3 Å². The number of methoxy groups -OCH3 is 2. The van der Waals surface area contributed by atoms with Crippen LogP contribution < -0.4 is 19.7 Å². The Morgan fingerprint density at radius 2 is 1.96 bits per heavy atom. The summed E-state index contributed by atoms with van der Waals surface area (Å²) in [6.45, 7) is 1.45. The summed E-state index contributed by atoms with van der Waals surface area (Å²) in [5.74, 6) is 0.763. The summed E-state index contributed by atoms with van der Waals surface area (Å²) in [6, 6.07) is 10.4. The van der Waals surface area contributed by atoms with Gasteiger partial charge in [-0.15, -0.1) is 0 Å². The van der Waals surface area contributed by atoms with Crippen LogP contribution >= 0.6 is 0 Å². The topological polar surface area (TPSA) is 66.6 Å². The smallest absolute Gasteiger partial charge is 0.253 e. The number of rotatable bonds is 5. The largest absolute Gasteiger partial charge is 0.497 e. The fourth-order valence-electron chi connectivity index (χ4n) is 3.67. The number of aromatic nitrogens is 1. The molecule has 0 unspecified atom stereocenters. The fraction of sp³-hybridized carbons (Fsp3) is 0.286. The lowest BCUT2D eigenvalue weighted by Gasteiger charge is -2.20. The van der Waals surface area contributed by atoms with Crippen molar-refractivity contribution >= 4 is 22.5 Å². The van der Waals surface area contributed by atoms with Gasteiger partial charge < -0.3 is 24.7 Å². The van der Waals surface area contributed by atoms with Gasteiger partial charge in [0, 0.05) is 60.1 Å². The third-order valence-electron chi connectivity index (χ3n) is 5.12. The van der Waals surface area contributed by atoms with Crippen molar-refractivity contribution in [3.8, 4) is 11.5 Å². The van der Waals surface area contributed by atoms with E-state index in [1.807, 2.05) is 18.2 Å². The number of hydrogen-bond acceptors (Lipinski definition) is 4. The molecule has 1 aliphatic heterocycles. The number of nitrogens with zero attached hydrogens (tertiary/aromatic N) is 1. The number of amides is 1. The van der Waals surface area contributed by atoms with Crippen LogP contribution in [0.2, 0.25) is 0 Å². The first kappa shape index (κ1) is 18.2. The van der Waals surface area contributed by atoms with Crippen molar-refractivity contribution < 1.29 is 18.7 Å². The van der Waals surface area contributed by atoms with Gasteiger partial charge in [-0.2, -0.15) is 0 Å². The second-order valence-electron chi connectivity index (χ2n) is 6.84. The number of H-pyrrole nitrogens is 1. The molecule has 0 spiro atoms.